The van der Waals surface area contributed by atoms with Crippen molar-refractivity contribution in [1.82, 2.24) is 9.88 Å². The lowest BCUT2D eigenvalue weighted by molar-refractivity contribution is 0.0471. The molecule has 108 valence electrons. The molecule has 0 unspecified atom stereocenters. The van der Waals surface area contributed by atoms with Crippen molar-refractivity contribution in [2.24, 2.45) is 5.41 Å². The number of amides is 1. The van der Waals surface area contributed by atoms with Gasteiger partial charge in [-0.2, -0.15) is 0 Å². The summed E-state index contributed by atoms with van der Waals surface area (Å²) in [6.45, 7) is 3.79. The van der Waals surface area contributed by atoms with Crippen LogP contribution in [-0.2, 0) is 0 Å². The minimum atomic E-state index is 0.156. The molecular formula is C17H24N2O. The van der Waals surface area contributed by atoms with Gasteiger partial charge in [0.2, 0.25) is 0 Å². The van der Waals surface area contributed by atoms with Gasteiger partial charge in [0.15, 0.2) is 0 Å². The van der Waals surface area contributed by atoms with Gasteiger partial charge in [-0.3, -0.25) is 9.78 Å². The molecule has 0 aromatic carbocycles. The first-order valence-corrected chi connectivity index (χ1v) is 7.91. The fourth-order valence-corrected chi connectivity index (χ4v) is 3.76. The maximum Gasteiger partial charge on any atom is 0.255 e. The number of hydrogen-bond acceptors (Lipinski definition) is 2. The molecule has 1 aromatic heterocycles. The summed E-state index contributed by atoms with van der Waals surface area (Å²) in [6.07, 6.45) is 11.0. The van der Waals surface area contributed by atoms with Gasteiger partial charge in [-0.05, 0) is 50.2 Å². The number of hydrogen-bond donors (Lipinski definition) is 0. The summed E-state index contributed by atoms with van der Waals surface area (Å²) < 4.78 is 0. The Bertz CT molecular complexity index is 464. The Kier molecular flexibility index (Phi) is 3.77. The third-order valence-electron chi connectivity index (χ3n) is 5.18. The fraction of sp³-hybridized carbons (Fsp3) is 0.647. The van der Waals surface area contributed by atoms with Gasteiger partial charge in [0.1, 0.15) is 0 Å². The van der Waals surface area contributed by atoms with Gasteiger partial charge < -0.3 is 4.90 Å². The Hall–Kier alpha value is -1.38. The third kappa shape index (κ3) is 2.72. The van der Waals surface area contributed by atoms with Gasteiger partial charge in [0.05, 0.1) is 5.56 Å². The van der Waals surface area contributed by atoms with Crippen molar-refractivity contribution < 1.29 is 4.79 Å². The summed E-state index contributed by atoms with van der Waals surface area (Å²) in [5.74, 6) is 0.156. The van der Waals surface area contributed by atoms with Crippen LogP contribution in [0.4, 0.5) is 0 Å². The van der Waals surface area contributed by atoms with E-state index in [1.165, 1.54) is 44.9 Å². The quantitative estimate of drug-likeness (QED) is 0.783. The van der Waals surface area contributed by atoms with Crippen molar-refractivity contribution in [3.8, 4) is 0 Å². The highest BCUT2D eigenvalue weighted by Gasteiger charge is 2.36. The van der Waals surface area contributed by atoms with E-state index in [2.05, 4.69) is 4.98 Å². The number of rotatable bonds is 1. The first-order chi connectivity index (χ1) is 9.69. The number of aromatic nitrogens is 1. The van der Waals surface area contributed by atoms with E-state index in [9.17, 15) is 4.79 Å². The Labute approximate surface area is 121 Å². The highest BCUT2D eigenvalue weighted by molar-refractivity contribution is 5.94. The average Bonchev–Trinajstić information content (AvgIpc) is 2.49. The Morgan fingerprint density at radius 3 is 2.40 bits per heavy atom. The summed E-state index contributed by atoms with van der Waals surface area (Å²) in [5.41, 5.74) is 2.25. The summed E-state index contributed by atoms with van der Waals surface area (Å²) in [4.78, 5) is 18.7. The molecule has 1 aliphatic carbocycles. The minimum absolute atomic E-state index is 0.156. The van der Waals surface area contributed by atoms with Gasteiger partial charge in [0.25, 0.3) is 5.91 Å². The predicted octanol–water partition coefficient (Wildman–Crippen LogP) is 3.58. The van der Waals surface area contributed by atoms with Gasteiger partial charge in [-0.1, -0.05) is 19.3 Å². The first kappa shape index (κ1) is 13.6. The zero-order valence-electron chi connectivity index (χ0n) is 12.4. The number of piperidine rings is 1. The Balaban J connectivity index is 1.62. The van der Waals surface area contributed by atoms with Crippen molar-refractivity contribution in [2.75, 3.05) is 13.1 Å². The monoisotopic (exact) mass is 272 g/mol. The second kappa shape index (κ2) is 5.55. The van der Waals surface area contributed by atoms with E-state index in [-0.39, 0.29) is 5.91 Å². The number of carbonyl (C=O) groups excluding carboxylic acids is 1. The van der Waals surface area contributed by atoms with E-state index in [0.717, 1.165) is 24.3 Å². The molecule has 0 bridgehead atoms. The molecule has 1 spiro atoms. The van der Waals surface area contributed by atoms with E-state index in [1.807, 2.05) is 24.0 Å². The van der Waals surface area contributed by atoms with Crippen LogP contribution in [0.2, 0.25) is 0 Å². The second-order valence-corrected chi connectivity index (χ2v) is 6.54. The molecule has 0 N–H and O–H groups in total. The summed E-state index contributed by atoms with van der Waals surface area (Å²) in [5, 5.41) is 0. The van der Waals surface area contributed by atoms with Gasteiger partial charge >= 0.3 is 0 Å². The van der Waals surface area contributed by atoms with Crippen LogP contribution in [0.25, 0.3) is 0 Å². The van der Waals surface area contributed by atoms with Crippen molar-refractivity contribution in [3.05, 3.63) is 29.6 Å². The normalized spacial score (nSPS) is 21.9. The van der Waals surface area contributed by atoms with Crippen LogP contribution in [0, 0.1) is 12.3 Å². The largest absolute Gasteiger partial charge is 0.339 e. The van der Waals surface area contributed by atoms with Crippen LogP contribution in [0.3, 0.4) is 0 Å². The van der Waals surface area contributed by atoms with E-state index < -0.39 is 0 Å². The lowest BCUT2D eigenvalue weighted by atomic mass is 9.68. The van der Waals surface area contributed by atoms with E-state index >= 15 is 0 Å². The van der Waals surface area contributed by atoms with Crippen molar-refractivity contribution in [1.29, 1.82) is 0 Å². The van der Waals surface area contributed by atoms with E-state index in [0.29, 0.717) is 5.41 Å². The molecular weight excluding hydrogens is 248 g/mol. The van der Waals surface area contributed by atoms with Crippen LogP contribution in [-0.4, -0.2) is 28.9 Å². The van der Waals surface area contributed by atoms with Crippen LogP contribution >= 0.6 is 0 Å². The van der Waals surface area contributed by atoms with Gasteiger partial charge in [-0.15, -0.1) is 0 Å². The molecule has 20 heavy (non-hydrogen) atoms. The average molecular weight is 272 g/mol. The van der Waals surface area contributed by atoms with Crippen molar-refractivity contribution in [2.45, 2.75) is 51.9 Å². The molecule has 1 aromatic rings. The predicted molar refractivity (Wildman–Crippen MR) is 79.6 cm³/mol. The molecule has 3 nitrogen and oxygen atoms in total. The molecule has 0 radical (unpaired) electrons. The SMILES string of the molecule is Cc1ccc(C(=O)N2CCC3(CCCCC3)CC2)cn1. The Morgan fingerprint density at radius 1 is 1.10 bits per heavy atom. The number of likely N-dealkylation sites (tertiary alicyclic amines) is 1. The fourth-order valence-electron chi connectivity index (χ4n) is 3.76. The molecule has 1 saturated heterocycles. The van der Waals surface area contributed by atoms with Crippen LogP contribution in [0.1, 0.15) is 61.0 Å². The molecule has 3 rings (SSSR count). The zero-order chi connectivity index (χ0) is 14.0. The van der Waals surface area contributed by atoms with E-state index in [1.54, 1.807) is 6.20 Å². The lowest BCUT2D eigenvalue weighted by Gasteiger charge is -2.44. The highest BCUT2D eigenvalue weighted by Crippen LogP contribution is 2.44. The molecule has 1 aliphatic heterocycles. The number of pyridine rings is 1. The molecule has 0 atom stereocenters. The van der Waals surface area contributed by atoms with Crippen LogP contribution in [0.5, 0.6) is 0 Å². The summed E-state index contributed by atoms with van der Waals surface area (Å²) in [7, 11) is 0. The van der Waals surface area contributed by atoms with Gasteiger partial charge in [-0.25, -0.2) is 0 Å². The maximum absolute atomic E-state index is 12.5. The molecule has 2 heterocycles. The topological polar surface area (TPSA) is 33.2 Å². The minimum Gasteiger partial charge on any atom is -0.339 e. The molecule has 1 amide bonds. The van der Waals surface area contributed by atoms with Gasteiger partial charge in [0, 0.05) is 25.0 Å². The third-order valence-corrected chi connectivity index (χ3v) is 5.18. The highest BCUT2D eigenvalue weighted by atomic mass is 16.2. The van der Waals surface area contributed by atoms with Crippen LogP contribution in [0.15, 0.2) is 18.3 Å². The smallest absolute Gasteiger partial charge is 0.255 e. The number of carbonyl (C=O) groups is 1. The summed E-state index contributed by atoms with van der Waals surface area (Å²) >= 11 is 0. The zero-order valence-corrected chi connectivity index (χ0v) is 12.4. The first-order valence-electron chi connectivity index (χ1n) is 7.91. The van der Waals surface area contributed by atoms with Crippen molar-refractivity contribution in [3.63, 3.8) is 0 Å². The number of nitrogens with zero attached hydrogens (tertiary/aromatic N) is 2. The standard InChI is InChI=1S/C17H24N2O/c1-14-5-6-15(13-18-14)16(20)19-11-9-17(10-12-19)7-3-2-4-8-17/h5-6,13H,2-4,7-12H2,1H3. The molecule has 2 aliphatic rings. The summed E-state index contributed by atoms with van der Waals surface area (Å²) in [6, 6.07) is 3.81. The second-order valence-electron chi connectivity index (χ2n) is 6.54. The molecule has 2 fully saturated rings. The van der Waals surface area contributed by atoms with Crippen LogP contribution < -0.4 is 0 Å². The molecule has 3 heteroatoms. The van der Waals surface area contributed by atoms with E-state index in [4.69, 9.17) is 0 Å². The Morgan fingerprint density at radius 2 is 1.80 bits per heavy atom. The number of aryl methyl sites for hydroxylation is 1. The molecule has 1 saturated carbocycles. The lowest BCUT2D eigenvalue weighted by Crippen LogP contribution is -2.43. The maximum atomic E-state index is 12.5. The van der Waals surface area contributed by atoms with Crippen molar-refractivity contribution >= 4 is 5.91 Å².